The lowest BCUT2D eigenvalue weighted by molar-refractivity contribution is 0.0903. The first kappa shape index (κ1) is 37.4. The van der Waals surface area contributed by atoms with Crippen LogP contribution in [0.4, 0.5) is 0 Å². The zero-order chi connectivity index (χ0) is 32.7. The molecule has 256 valence electrons. The molecule has 0 spiro atoms. The average Bonchev–Trinajstić information content (AvgIpc) is 3.07. The predicted molar refractivity (Wildman–Crippen MR) is 190 cm³/mol. The molecule has 46 heavy (non-hydrogen) atoms. The van der Waals surface area contributed by atoms with E-state index in [1.54, 1.807) is 0 Å². The summed E-state index contributed by atoms with van der Waals surface area (Å²) in [5.74, 6) is 1.47. The molecule has 3 rings (SSSR count). The molecule has 2 N–H and O–H groups in total. The summed E-state index contributed by atoms with van der Waals surface area (Å²) in [6, 6.07) is 15.0. The van der Waals surface area contributed by atoms with Crippen LogP contribution in [0, 0.1) is 0 Å². The molecule has 2 aromatic carbocycles. The number of carbonyl (C=O) groups excluding carboxylic acids is 2. The van der Waals surface area contributed by atoms with Crippen LogP contribution in [0.25, 0.3) is 0 Å². The molecule has 0 saturated heterocycles. The second-order valence-corrected chi connectivity index (χ2v) is 13.2. The summed E-state index contributed by atoms with van der Waals surface area (Å²) in [6.45, 7) is 5.93. The van der Waals surface area contributed by atoms with Gasteiger partial charge >= 0.3 is 0 Å². The standard InChI is InChI=1S/C40H62N2O4/c1-3-5-7-9-11-13-15-17-30-45-37-26-22-33(23-27-37)39(43)41-35-20-19-21-36(32-35)42-40(44)34-24-28-38(29-25-34)46-31-18-16-14-12-10-8-6-4-2/h22-29,35-36H,3-21,30-32H2,1-2H3,(H,41,43)(H,42,44)/t35-,36-/m1/s1. The summed E-state index contributed by atoms with van der Waals surface area (Å²) in [5.41, 5.74) is 1.27. The van der Waals surface area contributed by atoms with Gasteiger partial charge in [0.15, 0.2) is 0 Å². The van der Waals surface area contributed by atoms with Crippen molar-refractivity contribution in [2.45, 2.75) is 154 Å². The van der Waals surface area contributed by atoms with Crippen molar-refractivity contribution in [3.8, 4) is 11.5 Å². The number of carbonyl (C=O) groups is 2. The maximum absolute atomic E-state index is 13.0. The molecule has 0 radical (unpaired) electrons. The number of benzene rings is 2. The fourth-order valence-corrected chi connectivity index (χ4v) is 6.25. The summed E-state index contributed by atoms with van der Waals surface area (Å²) < 4.78 is 11.8. The number of hydrogen-bond acceptors (Lipinski definition) is 4. The predicted octanol–water partition coefficient (Wildman–Crippen LogP) is 10.2. The number of ether oxygens (including phenoxy) is 2. The monoisotopic (exact) mass is 634 g/mol. The molecule has 2 amide bonds. The molecule has 1 aliphatic rings. The van der Waals surface area contributed by atoms with Gasteiger partial charge < -0.3 is 20.1 Å². The van der Waals surface area contributed by atoms with Gasteiger partial charge in [0.25, 0.3) is 11.8 Å². The topological polar surface area (TPSA) is 76.7 Å². The molecular weight excluding hydrogens is 572 g/mol. The molecule has 1 saturated carbocycles. The lowest BCUT2D eigenvalue weighted by Crippen LogP contribution is -2.45. The number of amides is 2. The first-order valence-corrected chi connectivity index (χ1v) is 18.7. The summed E-state index contributed by atoms with van der Waals surface area (Å²) in [5, 5.41) is 6.37. The summed E-state index contributed by atoms with van der Waals surface area (Å²) in [7, 11) is 0. The largest absolute Gasteiger partial charge is 0.494 e. The van der Waals surface area contributed by atoms with E-state index in [-0.39, 0.29) is 23.9 Å². The number of rotatable bonds is 24. The molecular formula is C40H62N2O4. The molecule has 0 aromatic heterocycles. The normalized spacial score (nSPS) is 16.1. The molecule has 1 fully saturated rings. The molecule has 2 aromatic rings. The minimum Gasteiger partial charge on any atom is -0.494 e. The highest BCUT2D eigenvalue weighted by atomic mass is 16.5. The van der Waals surface area contributed by atoms with Crippen LogP contribution in [0.2, 0.25) is 0 Å². The third kappa shape index (κ3) is 15.5. The van der Waals surface area contributed by atoms with Crippen LogP contribution in [0.15, 0.2) is 48.5 Å². The molecule has 6 nitrogen and oxygen atoms in total. The lowest BCUT2D eigenvalue weighted by Gasteiger charge is -2.30. The summed E-state index contributed by atoms with van der Waals surface area (Å²) in [6.07, 6.45) is 24.0. The van der Waals surface area contributed by atoms with Crippen molar-refractivity contribution in [1.82, 2.24) is 10.6 Å². The smallest absolute Gasteiger partial charge is 0.251 e. The van der Waals surface area contributed by atoms with Crippen LogP contribution in [0.3, 0.4) is 0 Å². The van der Waals surface area contributed by atoms with E-state index in [0.29, 0.717) is 24.3 Å². The Balaban J connectivity index is 1.30. The van der Waals surface area contributed by atoms with Gasteiger partial charge in [0.05, 0.1) is 13.2 Å². The van der Waals surface area contributed by atoms with Gasteiger partial charge in [-0.15, -0.1) is 0 Å². The van der Waals surface area contributed by atoms with Crippen molar-refractivity contribution < 1.29 is 19.1 Å². The SMILES string of the molecule is CCCCCCCCCCOc1ccc(C(=O)N[C@@H]2CCC[C@@H](NC(=O)c3ccc(OCCCCCCCCCC)cc3)C2)cc1. The first-order valence-electron chi connectivity index (χ1n) is 18.7. The Hall–Kier alpha value is -3.02. The Bertz CT molecular complexity index is 1000. The first-order chi connectivity index (χ1) is 22.6. The van der Waals surface area contributed by atoms with E-state index in [4.69, 9.17) is 9.47 Å². The van der Waals surface area contributed by atoms with Gasteiger partial charge in [0.2, 0.25) is 0 Å². The highest BCUT2D eigenvalue weighted by molar-refractivity contribution is 5.95. The highest BCUT2D eigenvalue weighted by Gasteiger charge is 2.25. The van der Waals surface area contributed by atoms with E-state index in [1.165, 1.54) is 89.9 Å². The maximum Gasteiger partial charge on any atom is 0.251 e. The maximum atomic E-state index is 13.0. The summed E-state index contributed by atoms with van der Waals surface area (Å²) in [4.78, 5) is 25.9. The molecule has 0 unspecified atom stereocenters. The van der Waals surface area contributed by atoms with Crippen LogP contribution >= 0.6 is 0 Å². The fourth-order valence-electron chi connectivity index (χ4n) is 6.25. The van der Waals surface area contributed by atoms with Gasteiger partial charge in [-0.05, 0) is 87.1 Å². The Morgan fingerprint density at radius 1 is 0.543 bits per heavy atom. The van der Waals surface area contributed by atoms with Crippen molar-refractivity contribution >= 4 is 11.8 Å². The third-order valence-corrected chi connectivity index (χ3v) is 9.11. The molecule has 2 atom stereocenters. The third-order valence-electron chi connectivity index (χ3n) is 9.11. The van der Waals surface area contributed by atoms with E-state index in [9.17, 15) is 9.59 Å². The van der Waals surface area contributed by atoms with Crippen LogP contribution in [-0.2, 0) is 0 Å². The van der Waals surface area contributed by atoms with Crippen molar-refractivity contribution in [3.63, 3.8) is 0 Å². The lowest BCUT2D eigenvalue weighted by atomic mass is 9.90. The molecule has 0 heterocycles. The minimum absolute atomic E-state index is 0.0385. The summed E-state index contributed by atoms with van der Waals surface area (Å²) >= 11 is 0. The van der Waals surface area contributed by atoms with Crippen molar-refractivity contribution in [3.05, 3.63) is 59.7 Å². The zero-order valence-corrected chi connectivity index (χ0v) is 29.0. The number of unbranched alkanes of at least 4 members (excludes halogenated alkanes) is 14. The number of hydrogen-bond donors (Lipinski definition) is 2. The van der Waals surface area contributed by atoms with Crippen LogP contribution in [0.5, 0.6) is 11.5 Å². The number of nitrogens with one attached hydrogen (secondary N) is 2. The van der Waals surface area contributed by atoms with Gasteiger partial charge in [-0.25, -0.2) is 0 Å². The van der Waals surface area contributed by atoms with E-state index in [2.05, 4.69) is 24.5 Å². The van der Waals surface area contributed by atoms with Crippen LogP contribution < -0.4 is 20.1 Å². The second-order valence-electron chi connectivity index (χ2n) is 13.2. The van der Waals surface area contributed by atoms with Gasteiger partial charge in [-0.3, -0.25) is 9.59 Å². The Labute approximate surface area is 279 Å². The highest BCUT2D eigenvalue weighted by Crippen LogP contribution is 2.21. The van der Waals surface area contributed by atoms with Crippen molar-refractivity contribution in [2.75, 3.05) is 13.2 Å². The van der Waals surface area contributed by atoms with Gasteiger partial charge in [0, 0.05) is 23.2 Å². The van der Waals surface area contributed by atoms with Crippen LogP contribution in [0.1, 0.15) is 163 Å². The Morgan fingerprint density at radius 2 is 0.891 bits per heavy atom. The Kier molecular flexibility index (Phi) is 19.0. The average molecular weight is 635 g/mol. The van der Waals surface area contributed by atoms with Gasteiger partial charge in [0.1, 0.15) is 11.5 Å². The second kappa shape index (κ2) is 23.3. The fraction of sp³-hybridized carbons (Fsp3) is 0.650. The van der Waals surface area contributed by atoms with E-state index < -0.39 is 0 Å². The van der Waals surface area contributed by atoms with Gasteiger partial charge in [-0.2, -0.15) is 0 Å². The Morgan fingerprint density at radius 3 is 1.26 bits per heavy atom. The van der Waals surface area contributed by atoms with Crippen LogP contribution in [-0.4, -0.2) is 37.1 Å². The van der Waals surface area contributed by atoms with Crippen molar-refractivity contribution in [1.29, 1.82) is 0 Å². The van der Waals surface area contributed by atoms with E-state index >= 15 is 0 Å². The minimum atomic E-state index is -0.0748. The zero-order valence-electron chi connectivity index (χ0n) is 29.0. The quantitative estimate of drug-likeness (QED) is 0.113. The van der Waals surface area contributed by atoms with Gasteiger partial charge in [-0.1, -0.05) is 104 Å². The van der Waals surface area contributed by atoms with E-state index in [0.717, 1.165) is 50.0 Å². The van der Waals surface area contributed by atoms with E-state index in [1.807, 2.05) is 48.5 Å². The molecule has 0 bridgehead atoms. The molecule has 0 aliphatic heterocycles. The van der Waals surface area contributed by atoms with Crippen molar-refractivity contribution in [2.24, 2.45) is 0 Å². The molecule has 6 heteroatoms. The molecule has 1 aliphatic carbocycles.